The van der Waals surface area contributed by atoms with Crippen molar-refractivity contribution in [2.45, 2.75) is 25.0 Å². The number of carbonyl (C=O) groups excluding carboxylic acids is 1. The van der Waals surface area contributed by atoms with Gasteiger partial charge >= 0.3 is 5.97 Å². The number of methoxy groups -OCH3 is 1. The van der Waals surface area contributed by atoms with Crippen LogP contribution in [0.2, 0.25) is 0 Å². The molecule has 7 heteroatoms. The molecule has 0 spiro atoms. The second-order valence-electron chi connectivity index (χ2n) is 4.93. The fraction of sp³-hybridized carbons (Fsp3) is 0.429. The molecule has 1 N–H and O–H groups in total. The van der Waals surface area contributed by atoms with Crippen molar-refractivity contribution in [3.63, 3.8) is 0 Å². The molecule has 1 fully saturated rings. The smallest absolute Gasteiger partial charge is 0.305 e. The lowest BCUT2D eigenvalue weighted by molar-refractivity contribution is -0.137. The lowest BCUT2D eigenvalue weighted by atomic mass is 10.1. The molecular weight excluding hydrogens is 284 g/mol. The molecule has 0 aromatic heterocycles. The third-order valence-corrected chi connectivity index (χ3v) is 3.54. The first-order valence-electron chi connectivity index (χ1n) is 6.43. The average Bonchev–Trinajstić information content (AvgIpc) is 2.83. The Bertz CT molecular complexity index is 564. The molecule has 1 saturated heterocycles. The van der Waals surface area contributed by atoms with Gasteiger partial charge in [0.1, 0.15) is 11.6 Å². The van der Waals surface area contributed by atoms with Gasteiger partial charge in [-0.05, 0) is 24.6 Å². The van der Waals surface area contributed by atoms with Crippen LogP contribution in [0.25, 0.3) is 0 Å². The number of carboxylic acid groups (broad SMARTS) is 1. The Kier molecular flexibility index (Phi) is 4.52. The zero-order valence-electron chi connectivity index (χ0n) is 11.4. The summed E-state index contributed by atoms with van der Waals surface area (Å²) in [6, 6.07) is 2.01. The van der Waals surface area contributed by atoms with E-state index in [4.69, 9.17) is 9.84 Å². The number of ether oxygens (including phenoxy) is 1. The number of hydrogen-bond acceptors (Lipinski definition) is 3. The van der Waals surface area contributed by atoms with Crippen molar-refractivity contribution in [3.8, 4) is 0 Å². The minimum atomic E-state index is -1.06. The molecule has 1 aliphatic rings. The van der Waals surface area contributed by atoms with Gasteiger partial charge in [-0.25, -0.2) is 8.78 Å². The Balaban J connectivity index is 2.26. The molecule has 5 nitrogen and oxygen atoms in total. The third-order valence-electron chi connectivity index (χ3n) is 3.54. The van der Waals surface area contributed by atoms with Gasteiger partial charge in [0.05, 0.1) is 18.1 Å². The summed E-state index contributed by atoms with van der Waals surface area (Å²) in [5.74, 6) is -3.35. The first-order chi connectivity index (χ1) is 9.92. The highest BCUT2D eigenvalue weighted by Gasteiger charge is 2.37. The van der Waals surface area contributed by atoms with Crippen molar-refractivity contribution in [3.05, 3.63) is 35.4 Å². The molecule has 1 heterocycles. The third kappa shape index (κ3) is 3.36. The second kappa shape index (κ2) is 6.17. The van der Waals surface area contributed by atoms with Gasteiger partial charge in [-0.3, -0.25) is 9.59 Å². The minimum absolute atomic E-state index is 0.156. The van der Waals surface area contributed by atoms with E-state index in [9.17, 15) is 18.4 Å². The quantitative estimate of drug-likeness (QED) is 0.918. The number of likely N-dealkylation sites (tertiary alicyclic amines) is 1. The molecule has 114 valence electrons. The second-order valence-corrected chi connectivity index (χ2v) is 4.93. The Morgan fingerprint density at radius 3 is 2.76 bits per heavy atom. The maximum absolute atomic E-state index is 13.7. The molecule has 0 radical (unpaired) electrons. The van der Waals surface area contributed by atoms with Crippen LogP contribution in [0, 0.1) is 11.6 Å². The van der Waals surface area contributed by atoms with Crippen LogP contribution in [-0.4, -0.2) is 47.7 Å². The zero-order chi connectivity index (χ0) is 15.6. The van der Waals surface area contributed by atoms with Crippen LogP contribution in [0.1, 0.15) is 23.2 Å². The number of carboxylic acids is 1. The van der Waals surface area contributed by atoms with Crippen LogP contribution in [0.5, 0.6) is 0 Å². The fourth-order valence-corrected chi connectivity index (χ4v) is 2.50. The topological polar surface area (TPSA) is 66.8 Å². The van der Waals surface area contributed by atoms with Crippen LogP contribution >= 0.6 is 0 Å². The summed E-state index contributed by atoms with van der Waals surface area (Å²) in [7, 11) is 1.46. The van der Waals surface area contributed by atoms with Crippen LogP contribution in [-0.2, 0) is 9.53 Å². The van der Waals surface area contributed by atoms with E-state index in [0.717, 1.165) is 18.2 Å². The number of carbonyl (C=O) groups is 2. The van der Waals surface area contributed by atoms with Crippen LogP contribution in [0.4, 0.5) is 8.78 Å². The van der Waals surface area contributed by atoms with Gasteiger partial charge in [0.15, 0.2) is 0 Å². The number of rotatable bonds is 4. The minimum Gasteiger partial charge on any atom is -0.481 e. The number of amides is 1. The predicted octanol–water partition coefficient (Wildman–Crippen LogP) is 1.67. The maximum Gasteiger partial charge on any atom is 0.305 e. The highest BCUT2D eigenvalue weighted by Crippen LogP contribution is 2.25. The summed E-state index contributed by atoms with van der Waals surface area (Å²) in [6.45, 7) is 0.156. The number of aliphatic carboxylic acids is 1. The summed E-state index contributed by atoms with van der Waals surface area (Å²) >= 11 is 0. The van der Waals surface area contributed by atoms with Crippen molar-refractivity contribution < 1.29 is 28.2 Å². The van der Waals surface area contributed by atoms with Gasteiger partial charge in [0.2, 0.25) is 0 Å². The lowest BCUT2D eigenvalue weighted by Crippen LogP contribution is -2.37. The molecule has 2 rings (SSSR count). The highest BCUT2D eigenvalue weighted by molar-refractivity contribution is 5.95. The summed E-state index contributed by atoms with van der Waals surface area (Å²) in [4.78, 5) is 24.4. The van der Waals surface area contributed by atoms with Crippen molar-refractivity contribution >= 4 is 11.9 Å². The van der Waals surface area contributed by atoms with E-state index < -0.39 is 35.1 Å². The van der Waals surface area contributed by atoms with Gasteiger partial charge in [-0.2, -0.15) is 0 Å². The van der Waals surface area contributed by atoms with Gasteiger partial charge < -0.3 is 14.7 Å². The SMILES string of the molecule is COC1CC(CC(=O)O)N(C(=O)c2cc(F)ccc2F)C1. The van der Waals surface area contributed by atoms with Crippen molar-refractivity contribution in [2.75, 3.05) is 13.7 Å². The first-order valence-corrected chi connectivity index (χ1v) is 6.43. The molecule has 0 aliphatic carbocycles. The summed E-state index contributed by atoms with van der Waals surface area (Å²) in [5, 5.41) is 8.89. The number of halogens is 2. The summed E-state index contributed by atoms with van der Waals surface area (Å²) in [6.07, 6.45) is -0.219. The highest BCUT2D eigenvalue weighted by atomic mass is 19.1. The fourth-order valence-electron chi connectivity index (χ4n) is 2.50. The van der Waals surface area contributed by atoms with Crippen molar-refractivity contribution in [1.29, 1.82) is 0 Å². The number of nitrogens with zero attached hydrogens (tertiary/aromatic N) is 1. The molecular formula is C14H15F2NO4. The predicted molar refractivity (Wildman–Crippen MR) is 68.8 cm³/mol. The van der Waals surface area contributed by atoms with Crippen LogP contribution in [0.15, 0.2) is 18.2 Å². The Morgan fingerprint density at radius 2 is 2.14 bits per heavy atom. The molecule has 1 aliphatic heterocycles. The van der Waals surface area contributed by atoms with Crippen LogP contribution < -0.4 is 0 Å². The van der Waals surface area contributed by atoms with Crippen molar-refractivity contribution in [2.24, 2.45) is 0 Å². The lowest BCUT2D eigenvalue weighted by Gasteiger charge is -2.23. The maximum atomic E-state index is 13.7. The average molecular weight is 299 g/mol. The van der Waals surface area contributed by atoms with E-state index in [0.29, 0.717) is 6.42 Å². The largest absolute Gasteiger partial charge is 0.481 e. The Hall–Kier alpha value is -2.02. The van der Waals surface area contributed by atoms with E-state index in [1.54, 1.807) is 0 Å². The van der Waals surface area contributed by atoms with E-state index in [1.165, 1.54) is 12.0 Å². The Labute approximate surface area is 120 Å². The molecule has 0 saturated carbocycles. The summed E-state index contributed by atoms with van der Waals surface area (Å²) < 4.78 is 32.0. The van der Waals surface area contributed by atoms with Gasteiger partial charge in [0.25, 0.3) is 5.91 Å². The van der Waals surface area contributed by atoms with E-state index in [-0.39, 0.29) is 19.1 Å². The molecule has 21 heavy (non-hydrogen) atoms. The normalized spacial score (nSPS) is 21.6. The summed E-state index contributed by atoms with van der Waals surface area (Å²) in [5.41, 5.74) is -0.401. The molecule has 0 bridgehead atoms. The van der Waals surface area contributed by atoms with Gasteiger partial charge in [0, 0.05) is 19.7 Å². The molecule has 1 amide bonds. The first kappa shape index (κ1) is 15.4. The van der Waals surface area contributed by atoms with Crippen LogP contribution in [0.3, 0.4) is 0 Å². The standard InChI is InChI=1S/C14H15F2NO4/c1-21-10-5-9(6-13(18)19)17(7-10)14(20)11-4-8(15)2-3-12(11)16/h2-4,9-10H,5-7H2,1H3,(H,18,19). The molecule has 2 atom stereocenters. The monoisotopic (exact) mass is 299 g/mol. The van der Waals surface area contributed by atoms with E-state index >= 15 is 0 Å². The number of hydrogen-bond donors (Lipinski definition) is 1. The van der Waals surface area contributed by atoms with Gasteiger partial charge in [-0.15, -0.1) is 0 Å². The number of benzene rings is 1. The van der Waals surface area contributed by atoms with Gasteiger partial charge in [-0.1, -0.05) is 0 Å². The van der Waals surface area contributed by atoms with E-state index in [2.05, 4.69) is 0 Å². The Morgan fingerprint density at radius 1 is 1.43 bits per heavy atom. The molecule has 2 unspecified atom stereocenters. The molecule has 1 aromatic rings. The van der Waals surface area contributed by atoms with Crippen molar-refractivity contribution in [1.82, 2.24) is 4.90 Å². The molecule has 1 aromatic carbocycles. The zero-order valence-corrected chi connectivity index (χ0v) is 11.4. The van der Waals surface area contributed by atoms with E-state index in [1.807, 2.05) is 0 Å².